The summed E-state index contributed by atoms with van der Waals surface area (Å²) in [5.74, 6) is 1.63. The summed E-state index contributed by atoms with van der Waals surface area (Å²) in [4.78, 5) is 18.4. The van der Waals surface area contributed by atoms with Gasteiger partial charge in [-0.3, -0.25) is 9.36 Å². The quantitative estimate of drug-likeness (QED) is 0.398. The van der Waals surface area contributed by atoms with E-state index in [-0.39, 0.29) is 5.56 Å². The second kappa shape index (κ2) is 7.60. The molecule has 5 nitrogen and oxygen atoms in total. The van der Waals surface area contributed by atoms with E-state index in [1.54, 1.807) is 11.7 Å². The van der Waals surface area contributed by atoms with Crippen LogP contribution in [0.5, 0.6) is 5.75 Å². The van der Waals surface area contributed by atoms with Crippen molar-refractivity contribution in [2.45, 2.75) is 6.42 Å². The highest BCUT2D eigenvalue weighted by atomic mass is 35.5. The molecule has 0 saturated carbocycles. The Hall–Kier alpha value is -3.57. The molecule has 0 atom stereocenters. The third-order valence-electron chi connectivity index (χ3n) is 5.58. The first-order valence-electron chi connectivity index (χ1n) is 9.95. The van der Waals surface area contributed by atoms with E-state index in [0.717, 1.165) is 39.2 Å². The molecule has 31 heavy (non-hydrogen) atoms. The number of benzene rings is 3. The van der Waals surface area contributed by atoms with Crippen LogP contribution in [0.3, 0.4) is 0 Å². The van der Waals surface area contributed by atoms with Gasteiger partial charge in [0.25, 0.3) is 5.56 Å². The SMILES string of the molecule is COc1ccc(Cc2nc3c(=O)n(-c4ccccc4)c4cc(Cl)ccc4c3n2C)cc1. The number of fused-ring (bicyclic) bond motifs is 3. The van der Waals surface area contributed by atoms with Crippen LogP contribution in [0.15, 0.2) is 77.6 Å². The predicted octanol–water partition coefficient (Wildman–Crippen LogP) is 5.13. The molecule has 0 bridgehead atoms. The van der Waals surface area contributed by atoms with Gasteiger partial charge in [0.15, 0.2) is 5.52 Å². The highest BCUT2D eigenvalue weighted by molar-refractivity contribution is 6.31. The highest BCUT2D eigenvalue weighted by Crippen LogP contribution is 2.28. The van der Waals surface area contributed by atoms with Crippen LogP contribution in [0.25, 0.3) is 27.6 Å². The van der Waals surface area contributed by atoms with Gasteiger partial charge >= 0.3 is 0 Å². The van der Waals surface area contributed by atoms with E-state index in [9.17, 15) is 4.79 Å². The molecular formula is C25H20ClN3O2. The predicted molar refractivity (Wildman–Crippen MR) is 125 cm³/mol. The summed E-state index contributed by atoms with van der Waals surface area (Å²) < 4.78 is 8.94. The number of rotatable bonds is 4. The number of hydrogen-bond acceptors (Lipinski definition) is 3. The van der Waals surface area contributed by atoms with Crippen molar-refractivity contribution in [3.05, 3.63) is 99.6 Å². The molecule has 0 aliphatic heterocycles. The molecule has 0 amide bonds. The molecule has 6 heteroatoms. The molecule has 154 valence electrons. The molecular weight excluding hydrogens is 410 g/mol. The first-order valence-corrected chi connectivity index (χ1v) is 10.3. The summed E-state index contributed by atoms with van der Waals surface area (Å²) >= 11 is 6.31. The number of halogens is 1. The van der Waals surface area contributed by atoms with Gasteiger partial charge in [-0.25, -0.2) is 4.98 Å². The Bertz CT molecular complexity index is 1470. The molecule has 0 saturated heterocycles. The molecule has 0 spiro atoms. The average molecular weight is 430 g/mol. The molecule has 0 fully saturated rings. The first kappa shape index (κ1) is 19.4. The van der Waals surface area contributed by atoms with Crippen LogP contribution in [0.1, 0.15) is 11.4 Å². The zero-order chi connectivity index (χ0) is 21.5. The Kier molecular flexibility index (Phi) is 4.75. The maximum atomic E-state index is 13.6. The first-order chi connectivity index (χ1) is 15.1. The van der Waals surface area contributed by atoms with Gasteiger partial charge in [-0.15, -0.1) is 0 Å². The van der Waals surface area contributed by atoms with Crippen molar-refractivity contribution in [3.63, 3.8) is 0 Å². The maximum absolute atomic E-state index is 13.6. The lowest BCUT2D eigenvalue weighted by Crippen LogP contribution is -2.19. The second-order valence-corrected chi connectivity index (χ2v) is 7.88. The summed E-state index contributed by atoms with van der Waals surface area (Å²) in [6, 6.07) is 23.1. The fraction of sp³-hybridized carbons (Fsp3) is 0.120. The number of imidazole rings is 1. The average Bonchev–Trinajstić information content (AvgIpc) is 3.12. The van der Waals surface area contributed by atoms with Crippen LogP contribution >= 0.6 is 11.6 Å². The van der Waals surface area contributed by atoms with Crippen molar-refractivity contribution in [2.24, 2.45) is 7.05 Å². The highest BCUT2D eigenvalue weighted by Gasteiger charge is 2.19. The smallest absolute Gasteiger partial charge is 0.283 e. The molecule has 5 rings (SSSR count). The number of ether oxygens (including phenoxy) is 1. The molecule has 0 aliphatic rings. The number of nitrogens with zero attached hydrogens (tertiary/aromatic N) is 3. The number of aromatic nitrogens is 3. The Morgan fingerprint density at radius 1 is 1.00 bits per heavy atom. The van der Waals surface area contributed by atoms with Gasteiger partial charge in [0.1, 0.15) is 11.6 Å². The van der Waals surface area contributed by atoms with Gasteiger partial charge in [0.05, 0.1) is 18.1 Å². The van der Waals surface area contributed by atoms with Gasteiger partial charge in [-0.2, -0.15) is 0 Å². The molecule has 2 aromatic heterocycles. The van der Waals surface area contributed by atoms with Crippen LogP contribution in [0.2, 0.25) is 5.02 Å². The molecule has 3 aromatic carbocycles. The van der Waals surface area contributed by atoms with Gasteiger partial charge < -0.3 is 9.30 Å². The third-order valence-corrected chi connectivity index (χ3v) is 5.82. The lowest BCUT2D eigenvalue weighted by Gasteiger charge is -2.12. The largest absolute Gasteiger partial charge is 0.497 e. The topological polar surface area (TPSA) is 49.0 Å². The minimum absolute atomic E-state index is 0.160. The van der Waals surface area contributed by atoms with E-state index >= 15 is 0 Å². The summed E-state index contributed by atoms with van der Waals surface area (Å²) in [5.41, 5.74) is 3.73. The van der Waals surface area contributed by atoms with E-state index in [2.05, 4.69) is 0 Å². The normalized spacial score (nSPS) is 11.3. The number of aryl methyl sites for hydroxylation is 1. The van der Waals surface area contributed by atoms with Crippen LogP contribution in [0.4, 0.5) is 0 Å². The lowest BCUT2D eigenvalue weighted by atomic mass is 10.1. The maximum Gasteiger partial charge on any atom is 0.283 e. The number of para-hydroxylation sites is 1. The van der Waals surface area contributed by atoms with E-state index in [0.29, 0.717) is 17.0 Å². The third kappa shape index (κ3) is 3.27. The summed E-state index contributed by atoms with van der Waals surface area (Å²) in [7, 11) is 3.60. The Morgan fingerprint density at radius 2 is 1.74 bits per heavy atom. The molecule has 0 radical (unpaired) electrons. The summed E-state index contributed by atoms with van der Waals surface area (Å²) in [6.45, 7) is 0. The van der Waals surface area contributed by atoms with Crippen molar-refractivity contribution in [1.29, 1.82) is 0 Å². The van der Waals surface area contributed by atoms with Crippen molar-refractivity contribution >= 4 is 33.5 Å². The lowest BCUT2D eigenvalue weighted by molar-refractivity contribution is 0.414. The van der Waals surface area contributed by atoms with E-state index < -0.39 is 0 Å². The Balaban J connectivity index is 1.77. The molecule has 0 N–H and O–H groups in total. The minimum atomic E-state index is -0.160. The van der Waals surface area contributed by atoms with Gasteiger partial charge in [-0.05, 0) is 48.0 Å². The van der Waals surface area contributed by atoms with Gasteiger partial charge in [0.2, 0.25) is 0 Å². The summed E-state index contributed by atoms with van der Waals surface area (Å²) in [5, 5.41) is 1.51. The van der Waals surface area contributed by atoms with Crippen molar-refractivity contribution in [2.75, 3.05) is 7.11 Å². The van der Waals surface area contributed by atoms with Crippen LogP contribution in [-0.4, -0.2) is 21.2 Å². The standard InChI is InChI=1S/C25H20ClN3O2/c1-28-22(14-16-8-11-19(31-2)12-9-16)27-23-24(28)20-13-10-17(26)15-21(20)29(25(23)30)18-6-4-3-5-7-18/h3-13,15H,14H2,1-2H3. The van der Waals surface area contributed by atoms with Crippen molar-refractivity contribution < 1.29 is 4.74 Å². The fourth-order valence-corrected chi connectivity index (χ4v) is 4.19. The minimum Gasteiger partial charge on any atom is -0.497 e. The number of pyridine rings is 1. The van der Waals surface area contributed by atoms with E-state index in [1.165, 1.54) is 0 Å². The fourth-order valence-electron chi connectivity index (χ4n) is 4.03. The van der Waals surface area contributed by atoms with E-state index in [4.69, 9.17) is 21.3 Å². The van der Waals surface area contributed by atoms with Crippen LogP contribution < -0.4 is 10.3 Å². The number of hydrogen-bond donors (Lipinski definition) is 0. The van der Waals surface area contributed by atoms with Crippen molar-refractivity contribution in [3.8, 4) is 11.4 Å². The zero-order valence-corrected chi connectivity index (χ0v) is 17.9. The zero-order valence-electron chi connectivity index (χ0n) is 17.2. The van der Waals surface area contributed by atoms with Gasteiger partial charge in [0, 0.05) is 29.6 Å². The Morgan fingerprint density at radius 3 is 2.45 bits per heavy atom. The Labute approximate surface area is 184 Å². The summed E-state index contributed by atoms with van der Waals surface area (Å²) in [6.07, 6.45) is 0.606. The molecule has 2 heterocycles. The second-order valence-electron chi connectivity index (χ2n) is 7.45. The van der Waals surface area contributed by atoms with Crippen molar-refractivity contribution in [1.82, 2.24) is 14.1 Å². The van der Waals surface area contributed by atoms with Crippen LogP contribution in [-0.2, 0) is 13.5 Å². The monoisotopic (exact) mass is 429 g/mol. The molecule has 5 aromatic rings. The molecule has 0 aliphatic carbocycles. The van der Waals surface area contributed by atoms with Crippen LogP contribution in [0, 0.1) is 0 Å². The molecule has 0 unspecified atom stereocenters. The van der Waals surface area contributed by atoms with E-state index in [1.807, 2.05) is 84.4 Å². The number of methoxy groups -OCH3 is 1. The van der Waals surface area contributed by atoms with Gasteiger partial charge in [-0.1, -0.05) is 41.9 Å².